The highest BCUT2D eigenvalue weighted by Crippen LogP contribution is 2.22. The van der Waals surface area contributed by atoms with E-state index in [1.807, 2.05) is 42.3 Å². The van der Waals surface area contributed by atoms with E-state index in [-0.39, 0.29) is 18.1 Å². The average Bonchev–Trinajstić information content (AvgIpc) is 2.56. The van der Waals surface area contributed by atoms with E-state index >= 15 is 0 Å². The van der Waals surface area contributed by atoms with Crippen LogP contribution in [0, 0.1) is 0 Å². The number of carbonyl (C=O) groups is 1. The van der Waals surface area contributed by atoms with E-state index in [9.17, 15) is 9.90 Å². The Hall–Kier alpha value is -1.43. The zero-order valence-electron chi connectivity index (χ0n) is 14.5. The van der Waals surface area contributed by atoms with E-state index in [2.05, 4.69) is 16.7 Å². The molecule has 1 N–H and O–H groups in total. The Balaban J connectivity index is 2.04. The summed E-state index contributed by atoms with van der Waals surface area (Å²) in [5, 5.41) is 9.49. The van der Waals surface area contributed by atoms with Gasteiger partial charge in [0.15, 0.2) is 0 Å². The molecule has 2 atom stereocenters. The summed E-state index contributed by atoms with van der Waals surface area (Å²) in [4.78, 5) is 19.3. The molecular formula is C18H29N3O2. The maximum atomic E-state index is 13.0. The normalized spacial score (nSPS) is 18.9. The van der Waals surface area contributed by atoms with Gasteiger partial charge < -0.3 is 10.0 Å². The number of hydrogen-bond donors (Lipinski definition) is 1. The number of hydrogen-bond acceptors (Lipinski definition) is 4. The smallest absolute Gasteiger partial charge is 0.244 e. The minimum atomic E-state index is -0.319. The van der Waals surface area contributed by atoms with Gasteiger partial charge in [-0.2, -0.15) is 0 Å². The molecule has 1 aromatic rings. The van der Waals surface area contributed by atoms with Gasteiger partial charge in [-0.15, -0.1) is 0 Å². The topological polar surface area (TPSA) is 47.0 Å². The minimum Gasteiger partial charge on any atom is -0.392 e. The summed E-state index contributed by atoms with van der Waals surface area (Å²) in [7, 11) is 2.00. The first-order valence-electron chi connectivity index (χ1n) is 8.47. The van der Waals surface area contributed by atoms with Crippen molar-refractivity contribution in [3.05, 3.63) is 35.9 Å². The van der Waals surface area contributed by atoms with Crippen LogP contribution in [-0.2, 0) is 4.79 Å². The van der Waals surface area contributed by atoms with Crippen LogP contribution in [0.25, 0.3) is 0 Å². The molecule has 0 saturated carbocycles. The largest absolute Gasteiger partial charge is 0.392 e. The Morgan fingerprint density at radius 2 is 1.83 bits per heavy atom. The number of rotatable bonds is 6. The van der Waals surface area contributed by atoms with Crippen molar-refractivity contribution in [3.63, 3.8) is 0 Å². The number of amides is 1. The van der Waals surface area contributed by atoms with Crippen molar-refractivity contribution in [3.8, 4) is 0 Å². The summed E-state index contributed by atoms with van der Waals surface area (Å²) < 4.78 is 0. The third-order valence-corrected chi connectivity index (χ3v) is 4.50. The SMILES string of the molecule is CCN(C)[C@H](C(=O)N1CCN(C[C@H](C)O)CC1)c1ccccc1. The van der Waals surface area contributed by atoms with Crippen LogP contribution < -0.4 is 0 Å². The third-order valence-electron chi connectivity index (χ3n) is 4.50. The summed E-state index contributed by atoms with van der Waals surface area (Å²) in [6.45, 7) is 8.50. The van der Waals surface area contributed by atoms with E-state index in [1.54, 1.807) is 6.92 Å². The Morgan fingerprint density at radius 3 is 2.35 bits per heavy atom. The van der Waals surface area contributed by atoms with Crippen molar-refractivity contribution in [2.75, 3.05) is 46.3 Å². The molecule has 1 fully saturated rings. The van der Waals surface area contributed by atoms with Gasteiger partial charge in [-0.25, -0.2) is 0 Å². The summed E-state index contributed by atoms with van der Waals surface area (Å²) in [5.74, 6) is 0.178. The highest BCUT2D eigenvalue weighted by molar-refractivity contribution is 5.83. The fraction of sp³-hybridized carbons (Fsp3) is 0.611. The van der Waals surface area contributed by atoms with Crippen LogP contribution in [0.15, 0.2) is 30.3 Å². The molecule has 128 valence electrons. The van der Waals surface area contributed by atoms with Crippen molar-refractivity contribution in [2.24, 2.45) is 0 Å². The molecule has 0 bridgehead atoms. The second-order valence-corrected chi connectivity index (χ2v) is 6.36. The van der Waals surface area contributed by atoms with Gasteiger partial charge in [-0.05, 0) is 26.1 Å². The summed E-state index contributed by atoms with van der Waals surface area (Å²) in [6.07, 6.45) is -0.319. The van der Waals surface area contributed by atoms with Crippen LogP contribution in [0.2, 0.25) is 0 Å². The van der Waals surface area contributed by atoms with Gasteiger partial charge >= 0.3 is 0 Å². The predicted octanol–water partition coefficient (Wildman–Crippen LogP) is 1.20. The third kappa shape index (κ3) is 4.77. The van der Waals surface area contributed by atoms with E-state index in [4.69, 9.17) is 0 Å². The Labute approximate surface area is 139 Å². The minimum absolute atomic E-state index is 0.178. The van der Waals surface area contributed by atoms with Crippen molar-refractivity contribution in [1.29, 1.82) is 0 Å². The first kappa shape index (κ1) is 17.9. The summed E-state index contributed by atoms with van der Waals surface area (Å²) >= 11 is 0. The molecule has 1 aliphatic rings. The Kier molecular flexibility index (Phi) is 6.57. The number of carbonyl (C=O) groups excluding carboxylic acids is 1. The molecule has 5 heteroatoms. The van der Waals surface area contributed by atoms with Gasteiger partial charge in [0.05, 0.1) is 6.10 Å². The van der Waals surface area contributed by atoms with Crippen molar-refractivity contribution in [1.82, 2.24) is 14.7 Å². The lowest BCUT2D eigenvalue weighted by molar-refractivity contribution is -0.138. The highest BCUT2D eigenvalue weighted by Gasteiger charge is 2.30. The average molecular weight is 319 g/mol. The molecule has 5 nitrogen and oxygen atoms in total. The molecule has 0 aromatic heterocycles. The molecule has 1 heterocycles. The molecule has 1 amide bonds. The van der Waals surface area contributed by atoms with Gasteiger partial charge in [0.2, 0.25) is 5.91 Å². The van der Waals surface area contributed by atoms with E-state index in [0.29, 0.717) is 6.54 Å². The number of likely N-dealkylation sites (N-methyl/N-ethyl adjacent to an activating group) is 1. The first-order valence-corrected chi connectivity index (χ1v) is 8.47. The van der Waals surface area contributed by atoms with Gasteiger partial charge in [-0.1, -0.05) is 37.3 Å². The number of aliphatic hydroxyl groups is 1. The molecule has 23 heavy (non-hydrogen) atoms. The monoisotopic (exact) mass is 319 g/mol. The van der Waals surface area contributed by atoms with Crippen molar-refractivity contribution >= 4 is 5.91 Å². The second kappa shape index (κ2) is 8.43. The number of aliphatic hydroxyl groups excluding tert-OH is 1. The number of piperazine rings is 1. The quantitative estimate of drug-likeness (QED) is 0.856. The molecule has 1 aromatic carbocycles. The Bertz CT molecular complexity index is 484. The van der Waals surface area contributed by atoms with Crippen LogP contribution in [0.5, 0.6) is 0 Å². The van der Waals surface area contributed by atoms with Gasteiger partial charge in [0, 0.05) is 32.7 Å². The lowest BCUT2D eigenvalue weighted by Crippen LogP contribution is -2.52. The summed E-state index contributed by atoms with van der Waals surface area (Å²) in [6, 6.07) is 9.78. The van der Waals surface area contributed by atoms with Gasteiger partial charge in [-0.3, -0.25) is 14.6 Å². The fourth-order valence-corrected chi connectivity index (χ4v) is 3.10. The molecule has 1 saturated heterocycles. The summed E-state index contributed by atoms with van der Waals surface area (Å²) in [5.41, 5.74) is 1.05. The van der Waals surface area contributed by atoms with Crippen LogP contribution in [0.1, 0.15) is 25.5 Å². The standard InChI is InChI=1S/C18H29N3O2/c1-4-19(3)17(16-8-6-5-7-9-16)18(23)21-12-10-20(11-13-21)14-15(2)22/h5-9,15,17,22H,4,10-14H2,1-3H3/t15-,17-/m0/s1. The zero-order chi connectivity index (χ0) is 16.8. The Morgan fingerprint density at radius 1 is 1.22 bits per heavy atom. The molecule has 0 aliphatic carbocycles. The van der Waals surface area contributed by atoms with E-state index in [0.717, 1.165) is 38.3 Å². The van der Waals surface area contributed by atoms with Gasteiger partial charge in [0.1, 0.15) is 6.04 Å². The number of β-amino-alcohol motifs (C(OH)–C–C–N with tert-alkyl or cyclic N) is 1. The highest BCUT2D eigenvalue weighted by atomic mass is 16.3. The van der Waals surface area contributed by atoms with Crippen LogP contribution in [0.3, 0.4) is 0 Å². The maximum Gasteiger partial charge on any atom is 0.244 e. The van der Waals surface area contributed by atoms with Crippen molar-refractivity contribution in [2.45, 2.75) is 26.0 Å². The van der Waals surface area contributed by atoms with Crippen LogP contribution in [-0.4, -0.2) is 78.1 Å². The lowest BCUT2D eigenvalue weighted by Gasteiger charge is -2.38. The molecule has 0 spiro atoms. The molecule has 2 rings (SSSR count). The van der Waals surface area contributed by atoms with Gasteiger partial charge in [0.25, 0.3) is 0 Å². The zero-order valence-corrected chi connectivity index (χ0v) is 14.5. The molecule has 1 aliphatic heterocycles. The van der Waals surface area contributed by atoms with Crippen LogP contribution >= 0.6 is 0 Å². The second-order valence-electron chi connectivity index (χ2n) is 6.36. The van der Waals surface area contributed by atoms with E-state index in [1.165, 1.54) is 0 Å². The lowest BCUT2D eigenvalue weighted by atomic mass is 10.0. The van der Waals surface area contributed by atoms with Crippen molar-refractivity contribution < 1.29 is 9.90 Å². The molecular weight excluding hydrogens is 290 g/mol. The first-order chi connectivity index (χ1) is 11.0. The number of nitrogens with zero attached hydrogens (tertiary/aromatic N) is 3. The number of benzene rings is 1. The van der Waals surface area contributed by atoms with E-state index < -0.39 is 0 Å². The fourth-order valence-electron chi connectivity index (χ4n) is 3.10. The van der Waals surface area contributed by atoms with Crippen LogP contribution in [0.4, 0.5) is 0 Å². The maximum absolute atomic E-state index is 13.0. The molecule has 0 radical (unpaired) electrons. The predicted molar refractivity (Wildman–Crippen MR) is 92.2 cm³/mol. The molecule has 0 unspecified atom stereocenters.